The maximum atomic E-state index is 12.3. The normalized spacial score (nSPS) is 22.5. The molecule has 106 valence electrons. The molecule has 1 aromatic rings. The quantitative estimate of drug-likeness (QED) is 0.865. The summed E-state index contributed by atoms with van der Waals surface area (Å²) >= 11 is 0. The molecule has 1 aliphatic rings. The number of sulfonamides is 1. The number of aryl methyl sites for hydroxylation is 2. The number of aliphatic hydroxyl groups is 1. The van der Waals surface area contributed by atoms with E-state index in [9.17, 15) is 13.5 Å². The maximum Gasteiger partial charge on any atom is 0.240 e. The molecule has 1 aliphatic carbocycles. The van der Waals surface area contributed by atoms with E-state index in [0.717, 1.165) is 12.0 Å². The van der Waals surface area contributed by atoms with Gasteiger partial charge in [-0.15, -0.1) is 0 Å². The Bertz CT molecular complexity index is 581. The molecule has 0 radical (unpaired) electrons. The van der Waals surface area contributed by atoms with Gasteiger partial charge in [0.15, 0.2) is 0 Å². The summed E-state index contributed by atoms with van der Waals surface area (Å²) in [6.45, 7) is 6.14. The number of aliphatic hydroxyl groups excluding tert-OH is 1. The van der Waals surface area contributed by atoms with Crippen LogP contribution in [0.1, 0.15) is 30.0 Å². The van der Waals surface area contributed by atoms with Gasteiger partial charge in [0.1, 0.15) is 0 Å². The first kappa shape index (κ1) is 14.5. The van der Waals surface area contributed by atoms with Gasteiger partial charge in [-0.25, -0.2) is 13.1 Å². The summed E-state index contributed by atoms with van der Waals surface area (Å²) in [5.74, 6) is 1.09. The van der Waals surface area contributed by atoms with Gasteiger partial charge in [-0.05, 0) is 54.9 Å². The Hall–Kier alpha value is -0.910. The van der Waals surface area contributed by atoms with E-state index in [-0.39, 0.29) is 11.5 Å². The van der Waals surface area contributed by atoms with Crippen molar-refractivity contribution in [3.05, 3.63) is 28.8 Å². The van der Waals surface area contributed by atoms with Crippen LogP contribution in [0.3, 0.4) is 0 Å². The Morgan fingerprint density at radius 1 is 1.32 bits per heavy atom. The van der Waals surface area contributed by atoms with Gasteiger partial charge in [0.2, 0.25) is 10.0 Å². The van der Waals surface area contributed by atoms with Gasteiger partial charge < -0.3 is 5.11 Å². The highest BCUT2D eigenvalue weighted by Crippen LogP contribution is 2.37. The molecule has 0 heterocycles. The van der Waals surface area contributed by atoms with Crippen molar-refractivity contribution in [2.24, 2.45) is 11.8 Å². The molecule has 2 atom stereocenters. The zero-order valence-electron chi connectivity index (χ0n) is 11.6. The molecule has 1 aromatic carbocycles. The van der Waals surface area contributed by atoms with E-state index in [1.54, 1.807) is 19.1 Å². The van der Waals surface area contributed by atoms with Crippen LogP contribution in [0.25, 0.3) is 0 Å². The Labute approximate surface area is 114 Å². The van der Waals surface area contributed by atoms with Crippen molar-refractivity contribution in [2.75, 3.05) is 6.54 Å². The zero-order valence-corrected chi connectivity index (χ0v) is 12.4. The highest BCUT2D eigenvalue weighted by atomic mass is 32.2. The molecule has 1 fully saturated rings. The topological polar surface area (TPSA) is 66.4 Å². The SMILES string of the molecule is Cc1cc(C)c(S(=O)(=O)NCC2CC2C)cc1CO. The molecule has 0 amide bonds. The van der Waals surface area contributed by atoms with Crippen LogP contribution in [0.4, 0.5) is 0 Å². The van der Waals surface area contributed by atoms with Crippen LogP contribution in [-0.2, 0) is 16.6 Å². The summed E-state index contributed by atoms with van der Waals surface area (Å²) in [6.07, 6.45) is 1.09. The predicted octanol–water partition coefficient (Wildman–Crippen LogP) is 1.73. The molecule has 0 saturated heterocycles. The second-order valence-corrected chi connectivity index (χ2v) is 7.26. The Kier molecular flexibility index (Phi) is 3.99. The third-order valence-electron chi connectivity index (χ3n) is 3.91. The zero-order chi connectivity index (χ0) is 14.2. The average Bonchev–Trinajstić information content (AvgIpc) is 3.03. The van der Waals surface area contributed by atoms with Crippen molar-refractivity contribution >= 4 is 10.0 Å². The van der Waals surface area contributed by atoms with E-state index in [2.05, 4.69) is 11.6 Å². The van der Waals surface area contributed by atoms with Crippen LogP contribution < -0.4 is 4.72 Å². The lowest BCUT2D eigenvalue weighted by Gasteiger charge is -2.12. The van der Waals surface area contributed by atoms with Gasteiger partial charge in [0.05, 0.1) is 11.5 Å². The van der Waals surface area contributed by atoms with E-state index in [0.29, 0.717) is 29.5 Å². The fourth-order valence-corrected chi connectivity index (χ4v) is 3.68. The lowest BCUT2D eigenvalue weighted by atomic mass is 10.1. The molecular weight excluding hydrogens is 262 g/mol. The van der Waals surface area contributed by atoms with E-state index in [1.165, 1.54) is 0 Å². The molecule has 1 saturated carbocycles. The molecule has 0 spiro atoms. The van der Waals surface area contributed by atoms with Crippen molar-refractivity contribution in [3.8, 4) is 0 Å². The fourth-order valence-electron chi connectivity index (χ4n) is 2.31. The smallest absolute Gasteiger partial charge is 0.240 e. The van der Waals surface area contributed by atoms with Gasteiger partial charge in [-0.1, -0.05) is 13.0 Å². The van der Waals surface area contributed by atoms with Gasteiger partial charge >= 0.3 is 0 Å². The Morgan fingerprint density at radius 2 is 1.95 bits per heavy atom. The molecule has 0 aliphatic heterocycles. The summed E-state index contributed by atoms with van der Waals surface area (Å²) in [4.78, 5) is 0.274. The standard InChI is InChI=1S/C14H21NO3S/c1-9-4-11(3)14(6-13(9)8-16)19(17,18)15-7-12-5-10(12)2/h4,6,10,12,15-16H,5,7-8H2,1-3H3. The fraction of sp³-hybridized carbons (Fsp3) is 0.571. The number of hydrogen-bond donors (Lipinski definition) is 2. The molecule has 5 heteroatoms. The lowest BCUT2D eigenvalue weighted by molar-refractivity contribution is 0.280. The minimum Gasteiger partial charge on any atom is -0.392 e. The molecule has 2 rings (SSSR count). The molecule has 19 heavy (non-hydrogen) atoms. The molecule has 2 N–H and O–H groups in total. The summed E-state index contributed by atoms with van der Waals surface area (Å²) < 4.78 is 27.2. The van der Waals surface area contributed by atoms with Crippen molar-refractivity contribution in [1.82, 2.24) is 4.72 Å². The van der Waals surface area contributed by atoms with Crippen LogP contribution in [0.5, 0.6) is 0 Å². The average molecular weight is 283 g/mol. The highest BCUT2D eigenvalue weighted by Gasteiger charge is 2.33. The van der Waals surface area contributed by atoms with Crippen molar-refractivity contribution < 1.29 is 13.5 Å². The third kappa shape index (κ3) is 3.16. The number of benzene rings is 1. The van der Waals surface area contributed by atoms with Crippen molar-refractivity contribution in [3.63, 3.8) is 0 Å². The lowest BCUT2D eigenvalue weighted by Crippen LogP contribution is -2.27. The first-order valence-corrected chi connectivity index (χ1v) is 8.04. The monoisotopic (exact) mass is 283 g/mol. The minimum absolute atomic E-state index is 0.145. The largest absolute Gasteiger partial charge is 0.392 e. The van der Waals surface area contributed by atoms with E-state index in [1.807, 2.05) is 6.92 Å². The third-order valence-corrected chi connectivity index (χ3v) is 5.47. The highest BCUT2D eigenvalue weighted by molar-refractivity contribution is 7.89. The van der Waals surface area contributed by atoms with Gasteiger partial charge in [0, 0.05) is 6.54 Å². The van der Waals surface area contributed by atoms with Crippen LogP contribution in [0.15, 0.2) is 17.0 Å². The first-order chi connectivity index (χ1) is 8.85. The molecular formula is C14H21NO3S. The van der Waals surface area contributed by atoms with Gasteiger partial charge in [0.25, 0.3) is 0 Å². The first-order valence-electron chi connectivity index (χ1n) is 6.56. The number of hydrogen-bond acceptors (Lipinski definition) is 3. The van der Waals surface area contributed by atoms with Crippen LogP contribution >= 0.6 is 0 Å². The molecule has 0 bridgehead atoms. The molecule has 4 nitrogen and oxygen atoms in total. The van der Waals surface area contributed by atoms with Crippen molar-refractivity contribution in [2.45, 2.75) is 38.7 Å². The van der Waals surface area contributed by atoms with Crippen LogP contribution in [0, 0.1) is 25.7 Å². The Morgan fingerprint density at radius 3 is 2.47 bits per heavy atom. The van der Waals surface area contributed by atoms with Gasteiger partial charge in [-0.3, -0.25) is 0 Å². The number of rotatable bonds is 5. The van der Waals surface area contributed by atoms with E-state index < -0.39 is 10.0 Å². The molecule has 2 unspecified atom stereocenters. The van der Waals surface area contributed by atoms with E-state index >= 15 is 0 Å². The summed E-state index contributed by atoms with van der Waals surface area (Å²) in [7, 11) is -3.48. The Balaban J connectivity index is 2.23. The minimum atomic E-state index is -3.48. The second kappa shape index (κ2) is 5.23. The summed E-state index contributed by atoms with van der Waals surface area (Å²) in [5.41, 5.74) is 2.28. The predicted molar refractivity (Wildman–Crippen MR) is 74.3 cm³/mol. The summed E-state index contributed by atoms with van der Waals surface area (Å²) in [5, 5.41) is 9.25. The maximum absolute atomic E-state index is 12.3. The van der Waals surface area contributed by atoms with Gasteiger partial charge in [-0.2, -0.15) is 0 Å². The van der Waals surface area contributed by atoms with Crippen molar-refractivity contribution in [1.29, 1.82) is 0 Å². The van der Waals surface area contributed by atoms with E-state index in [4.69, 9.17) is 0 Å². The second-order valence-electron chi connectivity index (χ2n) is 5.53. The summed E-state index contributed by atoms with van der Waals surface area (Å²) in [6, 6.07) is 3.38. The molecule has 0 aromatic heterocycles. The van der Waals surface area contributed by atoms with Crippen LogP contribution in [-0.4, -0.2) is 20.1 Å². The number of nitrogens with one attached hydrogen (secondary N) is 1. The van der Waals surface area contributed by atoms with Crippen LogP contribution in [0.2, 0.25) is 0 Å².